The van der Waals surface area contributed by atoms with E-state index in [1.807, 2.05) is 10.9 Å². The number of carbonyl (C=O) groups is 2. The molecule has 176 valence electrons. The largest absolute Gasteiger partial charge is 0.490 e. The number of alkyl halides is 3. The molecule has 0 spiro atoms. The van der Waals surface area contributed by atoms with Crippen molar-refractivity contribution >= 4 is 17.7 Å². The third-order valence-electron chi connectivity index (χ3n) is 6.15. The predicted molar refractivity (Wildman–Crippen MR) is 115 cm³/mol. The van der Waals surface area contributed by atoms with E-state index in [0.717, 1.165) is 60.8 Å². The highest BCUT2D eigenvalue weighted by atomic mass is 19.4. The number of aryl methyl sites for hydroxylation is 1. The first kappa shape index (κ1) is 21.9. The van der Waals surface area contributed by atoms with Gasteiger partial charge in [0.1, 0.15) is 11.5 Å². The second kappa shape index (κ2) is 8.15. The molecule has 34 heavy (non-hydrogen) atoms. The van der Waals surface area contributed by atoms with Crippen molar-refractivity contribution in [3.05, 3.63) is 64.5 Å². The van der Waals surface area contributed by atoms with E-state index < -0.39 is 12.1 Å². The molecule has 2 aliphatic heterocycles. The van der Waals surface area contributed by atoms with Gasteiger partial charge in [-0.3, -0.25) is 9.48 Å². The van der Waals surface area contributed by atoms with Crippen LogP contribution in [0.25, 0.3) is 11.3 Å². The van der Waals surface area contributed by atoms with Crippen LogP contribution in [0.1, 0.15) is 32.7 Å². The summed E-state index contributed by atoms with van der Waals surface area (Å²) in [5, 5.41) is 14.9. The van der Waals surface area contributed by atoms with Gasteiger partial charge < -0.3 is 15.3 Å². The van der Waals surface area contributed by atoms with Crippen LogP contribution in [0.2, 0.25) is 0 Å². The molecule has 11 heteroatoms. The van der Waals surface area contributed by atoms with Crippen LogP contribution in [0.4, 0.5) is 19.0 Å². The lowest BCUT2D eigenvalue weighted by atomic mass is 9.90. The van der Waals surface area contributed by atoms with E-state index >= 15 is 0 Å². The van der Waals surface area contributed by atoms with Crippen LogP contribution < -0.4 is 10.2 Å². The maximum atomic E-state index is 12.3. The Morgan fingerprint density at radius 1 is 1.09 bits per heavy atom. The van der Waals surface area contributed by atoms with E-state index in [2.05, 4.69) is 40.5 Å². The number of nitrogens with one attached hydrogen (secondary N) is 1. The first-order valence-corrected chi connectivity index (χ1v) is 10.7. The van der Waals surface area contributed by atoms with E-state index in [-0.39, 0.29) is 5.91 Å². The maximum Gasteiger partial charge on any atom is 0.490 e. The van der Waals surface area contributed by atoms with Crippen molar-refractivity contribution in [2.75, 3.05) is 11.4 Å². The fourth-order valence-corrected chi connectivity index (χ4v) is 4.55. The highest BCUT2D eigenvalue weighted by molar-refractivity contribution is 5.97. The zero-order valence-electron chi connectivity index (χ0n) is 17.9. The minimum Gasteiger partial charge on any atom is -0.475 e. The number of benzene rings is 1. The summed E-state index contributed by atoms with van der Waals surface area (Å²) in [5.41, 5.74) is 7.88. The van der Waals surface area contributed by atoms with Gasteiger partial charge in [-0.1, -0.05) is 24.3 Å². The number of carboxylic acid groups (broad SMARTS) is 1. The van der Waals surface area contributed by atoms with Crippen molar-refractivity contribution in [3.63, 3.8) is 0 Å². The van der Waals surface area contributed by atoms with Gasteiger partial charge >= 0.3 is 12.1 Å². The monoisotopic (exact) mass is 471 g/mol. The summed E-state index contributed by atoms with van der Waals surface area (Å²) in [6.45, 7) is 3.16. The molecule has 0 bridgehead atoms. The molecule has 2 N–H and O–H groups in total. The van der Waals surface area contributed by atoms with Crippen LogP contribution in [0.15, 0.2) is 36.5 Å². The number of aliphatic carboxylic acids is 1. The Labute approximate surface area is 192 Å². The van der Waals surface area contributed by atoms with Gasteiger partial charge in [-0.2, -0.15) is 18.3 Å². The van der Waals surface area contributed by atoms with Gasteiger partial charge in [0.25, 0.3) is 5.91 Å². The van der Waals surface area contributed by atoms with Gasteiger partial charge in [-0.15, -0.1) is 0 Å². The quantitative estimate of drug-likeness (QED) is 0.566. The third-order valence-corrected chi connectivity index (χ3v) is 6.15. The van der Waals surface area contributed by atoms with Crippen molar-refractivity contribution in [3.8, 4) is 11.3 Å². The van der Waals surface area contributed by atoms with Gasteiger partial charge in [0.2, 0.25) is 0 Å². The van der Waals surface area contributed by atoms with Gasteiger partial charge in [-0.25, -0.2) is 9.78 Å². The molecule has 6 rings (SSSR count). The summed E-state index contributed by atoms with van der Waals surface area (Å²) in [4.78, 5) is 28.3. The van der Waals surface area contributed by atoms with E-state index in [1.54, 1.807) is 0 Å². The lowest BCUT2D eigenvalue weighted by Gasteiger charge is -2.21. The maximum absolute atomic E-state index is 12.3. The van der Waals surface area contributed by atoms with Gasteiger partial charge in [0.05, 0.1) is 12.2 Å². The van der Waals surface area contributed by atoms with E-state index in [0.29, 0.717) is 6.54 Å². The van der Waals surface area contributed by atoms with Crippen LogP contribution in [0, 0.1) is 0 Å². The molecule has 4 heterocycles. The molecule has 8 nitrogen and oxygen atoms in total. The molecule has 0 unspecified atom stereocenters. The van der Waals surface area contributed by atoms with E-state index in [9.17, 15) is 18.0 Å². The Balaban J connectivity index is 0.000000304. The molecular weight excluding hydrogens is 451 g/mol. The second-order valence-electron chi connectivity index (χ2n) is 8.28. The SMILES string of the molecule is O=C(O)C(F)(F)F.O=C1NCCn2nc3c(c21)CCc1cnc(N2Cc4ccccc4C2)cc1-3. The predicted octanol–water partition coefficient (Wildman–Crippen LogP) is 2.94. The van der Waals surface area contributed by atoms with Crippen LogP contribution in [0.3, 0.4) is 0 Å². The number of pyridine rings is 1. The fourth-order valence-electron chi connectivity index (χ4n) is 4.55. The molecule has 3 aromatic rings. The van der Waals surface area contributed by atoms with E-state index in [4.69, 9.17) is 20.0 Å². The Kier molecular flexibility index (Phi) is 5.26. The first-order valence-electron chi connectivity index (χ1n) is 10.7. The fraction of sp³-hybridized carbons (Fsp3) is 0.304. The minimum atomic E-state index is -5.08. The van der Waals surface area contributed by atoms with Crippen molar-refractivity contribution < 1.29 is 27.9 Å². The molecule has 0 radical (unpaired) electrons. The highest BCUT2D eigenvalue weighted by Crippen LogP contribution is 2.37. The number of aromatic nitrogens is 3. The van der Waals surface area contributed by atoms with Crippen LogP contribution in [-0.4, -0.2) is 44.5 Å². The lowest BCUT2D eigenvalue weighted by Crippen LogP contribution is -2.36. The molecule has 1 amide bonds. The number of anilines is 1. The molecule has 0 saturated carbocycles. The van der Waals surface area contributed by atoms with Crippen LogP contribution >= 0.6 is 0 Å². The van der Waals surface area contributed by atoms with E-state index in [1.165, 1.54) is 16.7 Å². The molecule has 0 atom stereocenters. The lowest BCUT2D eigenvalue weighted by molar-refractivity contribution is -0.192. The standard InChI is InChI=1S/C21H19N5O.C2HF3O2/c27-21-20-16-6-5-13-10-23-18(25-11-14-3-1-2-4-15(14)12-25)9-17(13)19(16)24-26(20)8-7-22-21;3-2(4,5)1(6)7/h1-4,9-10H,5-8,11-12H2,(H,22,27);(H,6,7). The van der Waals surface area contributed by atoms with Crippen molar-refractivity contribution in [2.24, 2.45) is 0 Å². The summed E-state index contributed by atoms with van der Waals surface area (Å²) >= 11 is 0. The normalized spacial score (nSPS) is 15.9. The van der Waals surface area contributed by atoms with Gasteiger partial charge in [0, 0.05) is 37.0 Å². The Hall–Kier alpha value is -3.89. The zero-order chi connectivity index (χ0) is 24.0. The summed E-state index contributed by atoms with van der Waals surface area (Å²) in [7, 11) is 0. The number of carbonyl (C=O) groups excluding carboxylic acids is 1. The van der Waals surface area contributed by atoms with Crippen molar-refractivity contribution in [1.82, 2.24) is 20.1 Å². The molecular formula is C23H20F3N5O3. The molecule has 3 aliphatic rings. The number of amides is 1. The van der Waals surface area contributed by atoms with Crippen molar-refractivity contribution in [1.29, 1.82) is 0 Å². The second-order valence-corrected chi connectivity index (χ2v) is 8.28. The Morgan fingerprint density at radius 3 is 2.41 bits per heavy atom. The number of nitrogens with zero attached hydrogens (tertiary/aromatic N) is 4. The van der Waals surface area contributed by atoms with Gasteiger partial charge in [-0.05, 0) is 35.6 Å². The van der Waals surface area contributed by atoms with Crippen LogP contribution in [0.5, 0.6) is 0 Å². The average molecular weight is 471 g/mol. The number of hydrogen-bond donors (Lipinski definition) is 2. The molecule has 0 fully saturated rings. The summed E-state index contributed by atoms with van der Waals surface area (Å²) in [6.07, 6.45) is -1.34. The van der Waals surface area contributed by atoms with Crippen LogP contribution in [-0.2, 0) is 37.3 Å². The summed E-state index contributed by atoms with van der Waals surface area (Å²) < 4.78 is 33.6. The average Bonchev–Trinajstić information content (AvgIpc) is 3.41. The topological polar surface area (TPSA) is 100 Å². The molecule has 0 saturated heterocycles. The smallest absolute Gasteiger partial charge is 0.475 e. The molecule has 2 aromatic heterocycles. The molecule has 1 aliphatic carbocycles. The Morgan fingerprint density at radius 2 is 1.76 bits per heavy atom. The number of rotatable bonds is 1. The summed E-state index contributed by atoms with van der Waals surface area (Å²) in [5.74, 6) is -1.77. The number of hydrogen-bond acceptors (Lipinski definition) is 5. The molecule has 1 aromatic carbocycles. The zero-order valence-corrected chi connectivity index (χ0v) is 17.9. The minimum absolute atomic E-state index is 0.00252. The van der Waals surface area contributed by atoms with Gasteiger partial charge in [0.15, 0.2) is 0 Å². The number of carboxylic acids is 1. The first-order chi connectivity index (χ1) is 16.2. The number of halogens is 3. The van der Waals surface area contributed by atoms with Crippen molar-refractivity contribution in [2.45, 2.75) is 38.7 Å². The number of fused-ring (bicyclic) bond motifs is 6. The third kappa shape index (κ3) is 3.87. The highest BCUT2D eigenvalue weighted by Gasteiger charge is 2.38. The summed E-state index contributed by atoms with van der Waals surface area (Å²) in [6, 6.07) is 10.7. The Bertz CT molecular complexity index is 1280.